The Morgan fingerprint density at radius 3 is 2.38 bits per heavy atom. The van der Waals surface area contributed by atoms with Gasteiger partial charge < -0.3 is 14.6 Å². The lowest BCUT2D eigenvalue weighted by Crippen LogP contribution is -2.40. The Bertz CT molecular complexity index is 504. The molecule has 3 atom stereocenters. The normalized spacial score (nSPS) is 25.5. The molecule has 1 rings (SSSR count). The molecule has 1 aliphatic rings. The number of aliphatic hydroxyl groups excluding tert-OH is 1. The number of carbonyl (C=O) groups excluding carboxylic acids is 2. The molecule has 0 fully saturated rings. The van der Waals surface area contributed by atoms with Crippen molar-refractivity contribution in [3.8, 4) is 0 Å². The van der Waals surface area contributed by atoms with Crippen molar-refractivity contribution in [1.29, 1.82) is 0 Å². The third-order valence-electron chi connectivity index (χ3n) is 4.28. The Balaban J connectivity index is 3.30. The molecule has 0 heterocycles. The van der Waals surface area contributed by atoms with E-state index in [0.29, 0.717) is 6.42 Å². The maximum absolute atomic E-state index is 11.6. The van der Waals surface area contributed by atoms with Gasteiger partial charge in [0.15, 0.2) is 0 Å². The van der Waals surface area contributed by atoms with Gasteiger partial charge in [-0.15, -0.1) is 0 Å². The first kappa shape index (κ1) is 20.4. The number of ether oxygens (including phenoxy) is 2. The molecule has 5 nitrogen and oxygen atoms in total. The molecule has 0 saturated heterocycles. The highest BCUT2D eigenvalue weighted by Crippen LogP contribution is 2.31. The summed E-state index contributed by atoms with van der Waals surface area (Å²) in [4.78, 5) is 23.2. The highest BCUT2D eigenvalue weighted by Gasteiger charge is 2.36. The molecule has 5 heteroatoms. The van der Waals surface area contributed by atoms with Gasteiger partial charge in [0.05, 0.1) is 6.61 Å². The fraction of sp³-hybridized carbons (Fsp3) is 0.684. The van der Waals surface area contributed by atoms with E-state index >= 15 is 0 Å². The van der Waals surface area contributed by atoms with E-state index in [4.69, 9.17) is 9.47 Å². The van der Waals surface area contributed by atoms with Crippen LogP contribution in [0.4, 0.5) is 0 Å². The van der Waals surface area contributed by atoms with Crippen molar-refractivity contribution in [3.05, 3.63) is 23.3 Å². The van der Waals surface area contributed by atoms with Gasteiger partial charge in [-0.25, -0.2) is 0 Å². The Morgan fingerprint density at radius 2 is 1.88 bits per heavy atom. The number of rotatable bonds is 4. The third kappa shape index (κ3) is 6.48. The van der Waals surface area contributed by atoms with E-state index in [2.05, 4.69) is 0 Å². The van der Waals surface area contributed by atoms with E-state index in [1.807, 2.05) is 32.9 Å². The lowest BCUT2D eigenvalue weighted by molar-refractivity contribution is -0.158. The number of esters is 2. The Kier molecular flexibility index (Phi) is 8.19. The molecule has 0 aromatic rings. The molecule has 136 valence electrons. The van der Waals surface area contributed by atoms with Gasteiger partial charge in [0.1, 0.15) is 12.2 Å². The molecule has 0 aromatic heterocycles. The van der Waals surface area contributed by atoms with E-state index in [9.17, 15) is 14.7 Å². The quantitative estimate of drug-likeness (QED) is 0.629. The molecule has 1 N–H and O–H groups in total. The van der Waals surface area contributed by atoms with Gasteiger partial charge in [0.2, 0.25) is 0 Å². The maximum Gasteiger partial charge on any atom is 0.303 e. The summed E-state index contributed by atoms with van der Waals surface area (Å²) in [5.74, 6) is -0.781. The predicted octanol–water partition coefficient (Wildman–Crippen LogP) is 3.17. The molecular formula is C19H30O5. The van der Waals surface area contributed by atoms with Crippen molar-refractivity contribution < 1.29 is 24.2 Å². The molecule has 0 bridgehead atoms. The van der Waals surface area contributed by atoms with Crippen molar-refractivity contribution in [2.45, 2.75) is 66.1 Å². The summed E-state index contributed by atoms with van der Waals surface area (Å²) < 4.78 is 11.1. The fourth-order valence-corrected chi connectivity index (χ4v) is 3.24. The van der Waals surface area contributed by atoms with E-state index in [1.54, 1.807) is 0 Å². The molecule has 0 saturated carbocycles. The number of allylic oxidation sites excluding steroid dienone is 2. The zero-order valence-electron chi connectivity index (χ0n) is 15.4. The molecule has 3 unspecified atom stereocenters. The molecule has 1 aliphatic carbocycles. The van der Waals surface area contributed by atoms with Gasteiger partial charge in [0.25, 0.3) is 0 Å². The molecular weight excluding hydrogens is 308 g/mol. The smallest absolute Gasteiger partial charge is 0.303 e. The number of carbonyl (C=O) groups is 2. The summed E-state index contributed by atoms with van der Waals surface area (Å²) >= 11 is 0. The lowest BCUT2D eigenvalue weighted by Gasteiger charge is -2.35. The van der Waals surface area contributed by atoms with Crippen LogP contribution in [0, 0.1) is 11.8 Å². The standard InChI is InChI=1S/C19H30O5/c1-12(2)19-17(23-14(4)21)9-13(3)7-6-8-16(11-20)10-18(19)24-15(5)22/h8-9,12,17-20H,6-7,10-11H2,1-5H3. The van der Waals surface area contributed by atoms with Crippen LogP contribution in [0.5, 0.6) is 0 Å². The highest BCUT2D eigenvalue weighted by molar-refractivity contribution is 5.67. The summed E-state index contributed by atoms with van der Waals surface area (Å²) in [5.41, 5.74) is 1.96. The number of aliphatic hydroxyl groups is 1. The topological polar surface area (TPSA) is 72.8 Å². The predicted molar refractivity (Wildman–Crippen MR) is 92.2 cm³/mol. The van der Waals surface area contributed by atoms with Gasteiger partial charge in [-0.2, -0.15) is 0 Å². The zero-order chi connectivity index (χ0) is 18.3. The van der Waals surface area contributed by atoms with Crippen molar-refractivity contribution in [1.82, 2.24) is 0 Å². The molecule has 0 radical (unpaired) electrons. The second-order valence-corrected chi connectivity index (χ2v) is 6.82. The van der Waals surface area contributed by atoms with Crippen LogP contribution in [0.25, 0.3) is 0 Å². The van der Waals surface area contributed by atoms with Crippen molar-refractivity contribution in [2.75, 3.05) is 6.61 Å². The zero-order valence-corrected chi connectivity index (χ0v) is 15.4. The Morgan fingerprint density at radius 1 is 1.25 bits per heavy atom. The summed E-state index contributed by atoms with van der Waals surface area (Å²) in [6.45, 7) is 8.75. The first-order valence-corrected chi connectivity index (χ1v) is 8.55. The second kappa shape index (κ2) is 9.62. The van der Waals surface area contributed by atoms with Gasteiger partial charge in [-0.3, -0.25) is 9.59 Å². The van der Waals surface area contributed by atoms with Crippen molar-refractivity contribution >= 4 is 11.9 Å². The summed E-state index contributed by atoms with van der Waals surface area (Å²) in [6, 6.07) is 0. The minimum absolute atomic E-state index is 0.0659. The second-order valence-electron chi connectivity index (χ2n) is 6.82. The Labute approximate surface area is 144 Å². The minimum Gasteiger partial charge on any atom is -0.462 e. The van der Waals surface area contributed by atoms with Crippen LogP contribution >= 0.6 is 0 Å². The number of hydrogen-bond donors (Lipinski definition) is 1. The summed E-state index contributed by atoms with van der Waals surface area (Å²) in [5, 5.41) is 9.62. The molecule has 24 heavy (non-hydrogen) atoms. The average Bonchev–Trinajstić information content (AvgIpc) is 2.43. The lowest BCUT2D eigenvalue weighted by atomic mass is 9.80. The SMILES string of the molecule is CC(=O)OC1C=C(C)CCC=C(CO)CC(OC(C)=O)C1C(C)C. The van der Waals surface area contributed by atoms with E-state index in [0.717, 1.165) is 24.0 Å². The van der Waals surface area contributed by atoms with Gasteiger partial charge in [-0.1, -0.05) is 25.5 Å². The first-order chi connectivity index (χ1) is 11.2. The molecule has 0 spiro atoms. The van der Waals surface area contributed by atoms with Gasteiger partial charge in [0, 0.05) is 26.2 Å². The average molecular weight is 338 g/mol. The number of hydrogen-bond acceptors (Lipinski definition) is 5. The van der Waals surface area contributed by atoms with Crippen LogP contribution in [-0.4, -0.2) is 35.9 Å². The van der Waals surface area contributed by atoms with Gasteiger partial charge in [-0.05, 0) is 37.3 Å². The van der Waals surface area contributed by atoms with Crippen LogP contribution in [0.3, 0.4) is 0 Å². The molecule has 0 aromatic carbocycles. The molecule has 0 aliphatic heterocycles. The monoisotopic (exact) mass is 338 g/mol. The first-order valence-electron chi connectivity index (χ1n) is 8.55. The summed E-state index contributed by atoms with van der Waals surface area (Å²) in [7, 11) is 0. The molecule has 0 amide bonds. The third-order valence-corrected chi connectivity index (χ3v) is 4.28. The summed E-state index contributed by atoms with van der Waals surface area (Å²) in [6.07, 6.45) is 5.16. The van der Waals surface area contributed by atoms with Crippen LogP contribution in [0.15, 0.2) is 23.3 Å². The largest absolute Gasteiger partial charge is 0.462 e. The Hall–Kier alpha value is -1.62. The van der Waals surface area contributed by atoms with Gasteiger partial charge >= 0.3 is 11.9 Å². The van der Waals surface area contributed by atoms with Crippen LogP contribution in [0.2, 0.25) is 0 Å². The van der Waals surface area contributed by atoms with Crippen molar-refractivity contribution in [2.24, 2.45) is 11.8 Å². The fourth-order valence-electron chi connectivity index (χ4n) is 3.24. The highest BCUT2D eigenvalue weighted by atomic mass is 16.6. The van der Waals surface area contributed by atoms with Crippen LogP contribution in [0.1, 0.15) is 53.9 Å². The maximum atomic E-state index is 11.6. The van der Waals surface area contributed by atoms with E-state index < -0.39 is 12.2 Å². The minimum atomic E-state index is -0.454. The van der Waals surface area contributed by atoms with Crippen LogP contribution < -0.4 is 0 Å². The van der Waals surface area contributed by atoms with E-state index in [-0.39, 0.29) is 30.4 Å². The van der Waals surface area contributed by atoms with E-state index in [1.165, 1.54) is 13.8 Å². The van der Waals surface area contributed by atoms with Crippen molar-refractivity contribution in [3.63, 3.8) is 0 Å². The van der Waals surface area contributed by atoms with Crippen LogP contribution in [-0.2, 0) is 19.1 Å².